The summed E-state index contributed by atoms with van der Waals surface area (Å²) in [6.45, 7) is 1.64. The largest absolute Gasteiger partial charge is 0.345 e. The third kappa shape index (κ3) is 3.95. The number of hydrogen-bond donors (Lipinski definition) is 2. The predicted octanol–water partition coefficient (Wildman–Crippen LogP) is 1.98. The van der Waals surface area contributed by atoms with Crippen LogP contribution in [0.1, 0.15) is 23.2 Å². The highest BCUT2D eigenvalue weighted by atomic mass is 35.5. The van der Waals surface area contributed by atoms with Gasteiger partial charge in [-0.1, -0.05) is 11.6 Å². The first-order chi connectivity index (χ1) is 9.99. The molecular formula is C15H20ClN3O2. The van der Waals surface area contributed by atoms with Gasteiger partial charge >= 0.3 is 0 Å². The molecule has 0 radical (unpaired) electrons. The van der Waals surface area contributed by atoms with Crippen LogP contribution in [0.2, 0.25) is 5.02 Å². The van der Waals surface area contributed by atoms with E-state index in [1.807, 2.05) is 0 Å². The van der Waals surface area contributed by atoms with Gasteiger partial charge in [-0.15, -0.1) is 0 Å². The number of rotatable bonds is 3. The second-order valence-electron chi connectivity index (χ2n) is 5.43. The fourth-order valence-corrected chi connectivity index (χ4v) is 2.49. The third-order valence-corrected chi connectivity index (χ3v) is 3.87. The summed E-state index contributed by atoms with van der Waals surface area (Å²) in [5.41, 5.74) is 0.987. The number of anilines is 1. The first kappa shape index (κ1) is 15.8. The molecule has 0 spiro atoms. The maximum Gasteiger partial charge on any atom is 0.253 e. The van der Waals surface area contributed by atoms with Gasteiger partial charge in [-0.05, 0) is 37.6 Å². The van der Waals surface area contributed by atoms with Crippen LogP contribution in [0.5, 0.6) is 0 Å². The molecule has 2 amide bonds. The molecule has 5 nitrogen and oxygen atoms in total. The van der Waals surface area contributed by atoms with E-state index in [9.17, 15) is 9.59 Å². The molecule has 1 aromatic rings. The van der Waals surface area contributed by atoms with Gasteiger partial charge in [0.25, 0.3) is 5.91 Å². The molecule has 0 unspecified atom stereocenters. The summed E-state index contributed by atoms with van der Waals surface area (Å²) in [7, 11) is 3.37. The van der Waals surface area contributed by atoms with E-state index < -0.39 is 0 Å². The molecule has 1 atom stereocenters. The molecule has 0 aliphatic carbocycles. The number of amides is 2. The fourth-order valence-electron chi connectivity index (χ4n) is 2.32. The van der Waals surface area contributed by atoms with Crippen molar-refractivity contribution in [1.29, 1.82) is 0 Å². The minimum Gasteiger partial charge on any atom is -0.345 e. The Morgan fingerprint density at radius 3 is 2.76 bits per heavy atom. The lowest BCUT2D eigenvalue weighted by molar-refractivity contribution is -0.120. The van der Waals surface area contributed by atoms with E-state index >= 15 is 0 Å². The van der Waals surface area contributed by atoms with Crippen LogP contribution in [0.3, 0.4) is 0 Å². The number of hydrogen-bond acceptors (Lipinski definition) is 3. The van der Waals surface area contributed by atoms with Crippen LogP contribution in [-0.4, -0.2) is 43.9 Å². The van der Waals surface area contributed by atoms with Gasteiger partial charge in [-0.25, -0.2) is 0 Å². The smallest absolute Gasteiger partial charge is 0.253 e. The quantitative estimate of drug-likeness (QED) is 0.897. The molecule has 1 heterocycles. The normalized spacial score (nSPS) is 18.1. The summed E-state index contributed by atoms with van der Waals surface area (Å²) >= 11 is 6.11. The van der Waals surface area contributed by atoms with E-state index in [2.05, 4.69) is 10.6 Å². The molecule has 21 heavy (non-hydrogen) atoms. The second kappa shape index (κ2) is 6.91. The Bertz CT molecular complexity index is 540. The second-order valence-corrected chi connectivity index (χ2v) is 5.83. The van der Waals surface area contributed by atoms with E-state index in [4.69, 9.17) is 11.6 Å². The van der Waals surface area contributed by atoms with Gasteiger partial charge in [0.05, 0.1) is 16.6 Å². The molecule has 6 heteroatoms. The molecule has 2 N–H and O–H groups in total. The molecule has 1 aliphatic rings. The van der Waals surface area contributed by atoms with Gasteiger partial charge in [-0.2, -0.15) is 0 Å². The zero-order valence-corrected chi connectivity index (χ0v) is 13.0. The lowest BCUT2D eigenvalue weighted by Crippen LogP contribution is -2.37. The van der Waals surface area contributed by atoms with Crippen LogP contribution in [0.25, 0.3) is 0 Å². The average Bonchev–Trinajstić information content (AvgIpc) is 2.49. The van der Waals surface area contributed by atoms with Crippen LogP contribution in [-0.2, 0) is 4.79 Å². The topological polar surface area (TPSA) is 61.4 Å². The van der Waals surface area contributed by atoms with Gasteiger partial charge in [0.15, 0.2) is 0 Å². The molecule has 1 saturated heterocycles. The maximum absolute atomic E-state index is 12.2. The highest BCUT2D eigenvalue weighted by Crippen LogP contribution is 2.25. The van der Waals surface area contributed by atoms with E-state index in [1.54, 1.807) is 32.3 Å². The Morgan fingerprint density at radius 2 is 2.14 bits per heavy atom. The highest BCUT2D eigenvalue weighted by molar-refractivity contribution is 6.33. The summed E-state index contributed by atoms with van der Waals surface area (Å²) in [6.07, 6.45) is 1.86. The number of piperidine rings is 1. The Labute approximate surface area is 129 Å². The van der Waals surface area contributed by atoms with Crippen LogP contribution < -0.4 is 10.6 Å². The minimum atomic E-state index is -0.124. The standard InChI is InChI=1S/C15H20ClN3O2/c1-19(2)15(21)10-5-6-12(16)13(8-10)18-14(20)11-4-3-7-17-9-11/h5-6,8,11,17H,3-4,7,9H2,1-2H3,(H,18,20)/t11-/m1/s1. The summed E-state index contributed by atoms with van der Waals surface area (Å²) in [5.74, 6) is -0.233. The Kier molecular flexibility index (Phi) is 5.20. The van der Waals surface area contributed by atoms with Gasteiger partial charge in [-0.3, -0.25) is 9.59 Å². The van der Waals surface area contributed by atoms with Crippen molar-refractivity contribution in [2.24, 2.45) is 5.92 Å². The van der Waals surface area contributed by atoms with Crippen molar-refractivity contribution in [2.75, 3.05) is 32.5 Å². The van der Waals surface area contributed by atoms with Crippen LogP contribution >= 0.6 is 11.6 Å². The lowest BCUT2D eigenvalue weighted by atomic mass is 9.98. The van der Waals surface area contributed by atoms with Crippen molar-refractivity contribution in [3.05, 3.63) is 28.8 Å². The Hall–Kier alpha value is -1.59. The summed E-state index contributed by atoms with van der Waals surface area (Å²) in [5, 5.41) is 6.47. The van der Waals surface area contributed by atoms with E-state index in [-0.39, 0.29) is 17.7 Å². The first-order valence-electron chi connectivity index (χ1n) is 7.02. The van der Waals surface area contributed by atoms with Crippen molar-refractivity contribution >= 4 is 29.1 Å². The SMILES string of the molecule is CN(C)C(=O)c1ccc(Cl)c(NC(=O)[C@@H]2CCCNC2)c1. The van der Waals surface area contributed by atoms with Crippen LogP contribution in [0, 0.1) is 5.92 Å². The molecule has 0 saturated carbocycles. The summed E-state index contributed by atoms with van der Waals surface area (Å²) in [6, 6.07) is 4.91. The van der Waals surface area contributed by atoms with Crippen molar-refractivity contribution in [3.63, 3.8) is 0 Å². The third-order valence-electron chi connectivity index (χ3n) is 3.55. The Morgan fingerprint density at radius 1 is 1.38 bits per heavy atom. The molecule has 0 aromatic heterocycles. The van der Waals surface area contributed by atoms with Crippen LogP contribution in [0.15, 0.2) is 18.2 Å². The average molecular weight is 310 g/mol. The van der Waals surface area contributed by atoms with Crippen molar-refractivity contribution in [2.45, 2.75) is 12.8 Å². The zero-order chi connectivity index (χ0) is 15.4. The molecule has 114 valence electrons. The van der Waals surface area contributed by atoms with E-state index in [0.717, 1.165) is 19.4 Å². The number of nitrogens with zero attached hydrogens (tertiary/aromatic N) is 1. The number of halogens is 1. The highest BCUT2D eigenvalue weighted by Gasteiger charge is 2.22. The number of carbonyl (C=O) groups excluding carboxylic acids is 2. The maximum atomic E-state index is 12.2. The monoisotopic (exact) mass is 309 g/mol. The van der Waals surface area contributed by atoms with Crippen molar-refractivity contribution in [3.8, 4) is 0 Å². The molecule has 1 aromatic carbocycles. The van der Waals surface area contributed by atoms with Gasteiger partial charge in [0.1, 0.15) is 0 Å². The summed E-state index contributed by atoms with van der Waals surface area (Å²) < 4.78 is 0. The molecule has 1 aliphatic heterocycles. The van der Waals surface area contributed by atoms with E-state index in [0.29, 0.717) is 22.8 Å². The number of nitrogens with one attached hydrogen (secondary N) is 2. The molecule has 0 bridgehead atoms. The van der Waals surface area contributed by atoms with Gasteiger partial charge in [0, 0.05) is 26.2 Å². The van der Waals surface area contributed by atoms with Crippen molar-refractivity contribution < 1.29 is 9.59 Å². The first-order valence-corrected chi connectivity index (χ1v) is 7.39. The van der Waals surface area contributed by atoms with Gasteiger partial charge < -0.3 is 15.5 Å². The minimum absolute atomic E-state index is 0.0528. The van der Waals surface area contributed by atoms with E-state index in [1.165, 1.54) is 4.90 Å². The predicted molar refractivity (Wildman–Crippen MR) is 83.7 cm³/mol. The fraction of sp³-hybridized carbons (Fsp3) is 0.467. The molecule has 2 rings (SSSR count). The van der Waals surface area contributed by atoms with Crippen molar-refractivity contribution in [1.82, 2.24) is 10.2 Å². The van der Waals surface area contributed by atoms with Gasteiger partial charge in [0.2, 0.25) is 5.91 Å². The molecule has 1 fully saturated rings. The van der Waals surface area contributed by atoms with Crippen LogP contribution in [0.4, 0.5) is 5.69 Å². The zero-order valence-electron chi connectivity index (χ0n) is 12.3. The number of benzene rings is 1. The summed E-state index contributed by atoms with van der Waals surface area (Å²) in [4.78, 5) is 25.7. The lowest BCUT2D eigenvalue weighted by Gasteiger charge is -2.22. The number of carbonyl (C=O) groups is 2. The Balaban J connectivity index is 2.13. The molecular weight excluding hydrogens is 290 g/mol.